The van der Waals surface area contributed by atoms with Crippen molar-refractivity contribution >= 4 is 39.4 Å². The molecule has 0 saturated heterocycles. The molecule has 0 aliphatic heterocycles. The van der Waals surface area contributed by atoms with E-state index in [4.69, 9.17) is 21.5 Å². The molecule has 1 aromatic carbocycles. The Bertz CT molecular complexity index is 891. The van der Waals surface area contributed by atoms with Gasteiger partial charge in [-0.3, -0.25) is 9.66 Å². The summed E-state index contributed by atoms with van der Waals surface area (Å²) < 4.78 is 33.9. The van der Waals surface area contributed by atoms with Gasteiger partial charge in [0, 0.05) is 36.1 Å². The first-order valence-corrected chi connectivity index (χ1v) is 7.02. The second-order valence-electron chi connectivity index (χ2n) is 5.02. The van der Waals surface area contributed by atoms with Crippen molar-refractivity contribution in [2.45, 2.75) is 6.18 Å². The van der Waals surface area contributed by atoms with Crippen LogP contribution in [0.25, 0.3) is 21.8 Å². The highest BCUT2D eigenvalue weighted by Gasteiger charge is 2.38. The number of benzene rings is 1. The molecule has 0 saturated carbocycles. The summed E-state index contributed by atoms with van der Waals surface area (Å²) in [5.41, 5.74) is 2.19. The van der Waals surface area contributed by atoms with Crippen LogP contribution in [0.3, 0.4) is 0 Å². The highest BCUT2D eigenvalue weighted by atomic mass is 35.5. The third-order valence-electron chi connectivity index (χ3n) is 3.15. The minimum atomic E-state index is -5.08. The number of halogens is 4. The molecular weight excluding hydrogens is 347 g/mol. The van der Waals surface area contributed by atoms with Crippen molar-refractivity contribution in [3.05, 3.63) is 41.7 Å². The monoisotopic (exact) mass is 359 g/mol. The Morgan fingerprint density at radius 3 is 2.33 bits per heavy atom. The second-order valence-corrected chi connectivity index (χ2v) is 5.45. The molecule has 5 nitrogen and oxygen atoms in total. The van der Waals surface area contributed by atoms with Gasteiger partial charge in [0.1, 0.15) is 0 Å². The zero-order valence-electron chi connectivity index (χ0n) is 12.7. The number of carboxylic acid groups (broad SMARTS) is 1. The second kappa shape index (κ2) is 6.56. The van der Waals surface area contributed by atoms with Crippen LogP contribution in [-0.2, 0) is 4.79 Å². The molecular formula is C15H13ClF3N3O2. The molecule has 2 aromatic heterocycles. The van der Waals surface area contributed by atoms with Crippen molar-refractivity contribution in [1.82, 2.24) is 9.66 Å². The van der Waals surface area contributed by atoms with Crippen LogP contribution in [0.5, 0.6) is 0 Å². The summed E-state index contributed by atoms with van der Waals surface area (Å²) in [4.78, 5) is 13.1. The van der Waals surface area contributed by atoms with Gasteiger partial charge in [-0.05, 0) is 18.2 Å². The molecule has 3 aromatic rings. The number of hydrogen-bond acceptors (Lipinski definition) is 3. The molecule has 0 fully saturated rings. The maximum absolute atomic E-state index is 10.6. The fourth-order valence-electron chi connectivity index (χ4n) is 2.25. The Morgan fingerprint density at radius 2 is 1.79 bits per heavy atom. The van der Waals surface area contributed by atoms with Crippen LogP contribution in [0.15, 0.2) is 36.7 Å². The van der Waals surface area contributed by atoms with E-state index in [9.17, 15) is 13.2 Å². The first-order chi connectivity index (χ1) is 11.1. The molecule has 3 rings (SSSR count). The molecule has 1 N–H and O–H groups in total. The lowest BCUT2D eigenvalue weighted by molar-refractivity contribution is -0.192. The Morgan fingerprint density at radius 1 is 1.21 bits per heavy atom. The predicted octanol–water partition coefficient (Wildman–Crippen LogP) is 3.67. The predicted molar refractivity (Wildman–Crippen MR) is 86.0 cm³/mol. The van der Waals surface area contributed by atoms with E-state index in [0.717, 1.165) is 16.1 Å². The van der Waals surface area contributed by atoms with Crippen molar-refractivity contribution < 1.29 is 23.1 Å². The molecule has 0 bridgehead atoms. The van der Waals surface area contributed by atoms with Crippen molar-refractivity contribution in [3.8, 4) is 0 Å². The van der Waals surface area contributed by atoms with Gasteiger partial charge in [-0.2, -0.15) is 13.2 Å². The number of nitrogens with zero attached hydrogens (tertiary/aromatic N) is 3. The summed E-state index contributed by atoms with van der Waals surface area (Å²) in [6, 6.07) is 7.99. The quantitative estimate of drug-likeness (QED) is 0.720. The van der Waals surface area contributed by atoms with E-state index in [0.29, 0.717) is 0 Å². The maximum atomic E-state index is 10.6. The van der Waals surface area contributed by atoms with Crippen molar-refractivity contribution in [2.75, 3.05) is 19.1 Å². The highest BCUT2D eigenvalue weighted by Crippen LogP contribution is 2.29. The summed E-state index contributed by atoms with van der Waals surface area (Å²) in [7, 11) is 4.01. The summed E-state index contributed by atoms with van der Waals surface area (Å²) in [6.45, 7) is 0. The fourth-order valence-corrected chi connectivity index (χ4v) is 2.42. The molecule has 0 unspecified atom stereocenters. The average molecular weight is 360 g/mol. The van der Waals surface area contributed by atoms with E-state index in [1.54, 1.807) is 0 Å². The largest absolute Gasteiger partial charge is 0.490 e. The number of alkyl halides is 3. The van der Waals surface area contributed by atoms with Gasteiger partial charge in [-0.15, -0.1) is 0 Å². The lowest BCUT2D eigenvalue weighted by atomic mass is 10.2. The van der Waals surface area contributed by atoms with Crippen molar-refractivity contribution in [2.24, 2.45) is 0 Å². The smallest absolute Gasteiger partial charge is 0.475 e. The van der Waals surface area contributed by atoms with E-state index in [2.05, 4.69) is 15.7 Å². The van der Waals surface area contributed by atoms with Gasteiger partial charge in [-0.25, -0.2) is 4.79 Å². The van der Waals surface area contributed by atoms with Gasteiger partial charge >= 0.3 is 12.1 Å². The van der Waals surface area contributed by atoms with Gasteiger partial charge < -0.3 is 10.1 Å². The first-order valence-electron chi connectivity index (χ1n) is 6.64. The number of carbonyl (C=O) groups is 1. The van der Waals surface area contributed by atoms with E-state index in [-0.39, 0.29) is 0 Å². The summed E-state index contributed by atoms with van der Waals surface area (Å²) in [5, 5.41) is 12.3. The molecule has 0 aliphatic carbocycles. The maximum Gasteiger partial charge on any atom is 0.490 e. The Balaban J connectivity index is 0.000000256. The molecule has 0 aliphatic rings. The van der Waals surface area contributed by atoms with Crippen molar-refractivity contribution in [1.29, 1.82) is 0 Å². The van der Waals surface area contributed by atoms with E-state index >= 15 is 0 Å². The normalized spacial score (nSPS) is 11.2. The SMILES string of the molecule is CN(C)n1c2cnccc2c2ccc(Cl)cc21.O=C(O)C(F)(F)F. The van der Waals surface area contributed by atoms with Crippen LogP contribution >= 0.6 is 11.6 Å². The summed E-state index contributed by atoms with van der Waals surface area (Å²) in [6.07, 6.45) is -1.39. The standard InChI is InChI=1S/C13H12ClN3.C2HF3O2/c1-16(2)17-12-7-9(14)3-4-10(12)11-5-6-15-8-13(11)17;3-2(4,5)1(6)7/h3-8H,1-2H3;(H,6,7). The average Bonchev–Trinajstić information content (AvgIpc) is 2.80. The van der Waals surface area contributed by atoms with Crippen LogP contribution in [-0.4, -0.2) is 41.0 Å². The van der Waals surface area contributed by atoms with Crippen molar-refractivity contribution in [3.63, 3.8) is 0 Å². The molecule has 0 spiro atoms. The minimum absolute atomic E-state index is 0.747. The summed E-state index contributed by atoms with van der Waals surface area (Å²) >= 11 is 6.08. The fraction of sp³-hybridized carbons (Fsp3) is 0.200. The minimum Gasteiger partial charge on any atom is -0.475 e. The van der Waals surface area contributed by atoms with Crippen LogP contribution in [0, 0.1) is 0 Å². The Kier molecular flexibility index (Phi) is 4.88. The molecule has 24 heavy (non-hydrogen) atoms. The molecule has 2 heterocycles. The van der Waals surface area contributed by atoms with Crippen LogP contribution in [0.4, 0.5) is 13.2 Å². The lowest BCUT2D eigenvalue weighted by Gasteiger charge is -2.17. The van der Waals surface area contributed by atoms with Gasteiger partial charge in [0.2, 0.25) is 0 Å². The molecule has 9 heteroatoms. The number of rotatable bonds is 1. The van der Waals surface area contributed by atoms with Gasteiger partial charge in [0.25, 0.3) is 0 Å². The number of carboxylic acids is 1. The molecule has 128 valence electrons. The Hall–Kier alpha value is -2.48. The third-order valence-corrected chi connectivity index (χ3v) is 3.38. The zero-order valence-corrected chi connectivity index (χ0v) is 13.4. The van der Waals surface area contributed by atoms with E-state index < -0.39 is 12.1 Å². The lowest BCUT2D eigenvalue weighted by Crippen LogP contribution is -2.24. The number of pyridine rings is 1. The van der Waals surface area contributed by atoms with Gasteiger partial charge in [0.15, 0.2) is 0 Å². The first kappa shape index (κ1) is 17.9. The Labute approximate surface area is 139 Å². The number of hydrogen-bond donors (Lipinski definition) is 1. The van der Waals surface area contributed by atoms with Crippen LogP contribution in [0.1, 0.15) is 0 Å². The molecule has 0 atom stereocenters. The number of aliphatic carboxylic acids is 1. The third kappa shape index (κ3) is 3.53. The van der Waals surface area contributed by atoms with E-state index in [1.807, 2.05) is 49.7 Å². The highest BCUT2D eigenvalue weighted by molar-refractivity contribution is 6.31. The van der Waals surface area contributed by atoms with Crippen LogP contribution in [0.2, 0.25) is 5.02 Å². The molecule has 0 amide bonds. The van der Waals surface area contributed by atoms with Crippen LogP contribution < -0.4 is 5.01 Å². The van der Waals surface area contributed by atoms with Gasteiger partial charge in [-0.1, -0.05) is 17.7 Å². The summed E-state index contributed by atoms with van der Waals surface area (Å²) in [5.74, 6) is -2.76. The topological polar surface area (TPSA) is 58.4 Å². The number of fused-ring (bicyclic) bond motifs is 3. The molecule has 0 radical (unpaired) electrons. The van der Waals surface area contributed by atoms with E-state index in [1.165, 1.54) is 10.8 Å². The zero-order chi connectivity index (χ0) is 18.1. The van der Waals surface area contributed by atoms with Gasteiger partial charge in [0.05, 0.1) is 17.2 Å². The number of aromatic nitrogens is 2.